The van der Waals surface area contributed by atoms with E-state index in [-0.39, 0.29) is 6.10 Å². The maximum absolute atomic E-state index is 9.23. The molecule has 0 spiro atoms. The molecule has 0 aromatic heterocycles. The van der Waals surface area contributed by atoms with Gasteiger partial charge in [0.15, 0.2) is 0 Å². The summed E-state index contributed by atoms with van der Waals surface area (Å²) in [6.45, 7) is 2.94. The Morgan fingerprint density at radius 1 is 1.60 bits per heavy atom. The summed E-state index contributed by atoms with van der Waals surface area (Å²) >= 11 is 0. The number of rotatable bonds is 2. The molecule has 1 saturated carbocycles. The second-order valence-electron chi connectivity index (χ2n) is 3.20. The van der Waals surface area contributed by atoms with Crippen molar-refractivity contribution in [1.29, 1.82) is 0 Å². The second kappa shape index (κ2) is 3.66. The first-order valence-electron chi connectivity index (χ1n) is 3.73. The molecule has 60 valence electrons. The minimum Gasteiger partial charge on any atom is -0.393 e. The van der Waals surface area contributed by atoms with Gasteiger partial charge in [-0.3, -0.25) is 0 Å². The zero-order valence-electron chi connectivity index (χ0n) is 6.29. The molecule has 1 aliphatic carbocycles. The van der Waals surface area contributed by atoms with Gasteiger partial charge in [-0.25, -0.2) is 0 Å². The van der Waals surface area contributed by atoms with Crippen LogP contribution in [0, 0.1) is 11.8 Å². The fourth-order valence-electron chi connectivity index (χ4n) is 1.66. The van der Waals surface area contributed by atoms with E-state index in [2.05, 4.69) is 16.4 Å². The van der Waals surface area contributed by atoms with E-state index in [0.29, 0.717) is 11.8 Å². The quantitative estimate of drug-likeness (QED) is 0.618. The summed E-state index contributed by atoms with van der Waals surface area (Å²) in [5.74, 6) is 1.18. The average molecular weight is 162 g/mol. The summed E-state index contributed by atoms with van der Waals surface area (Å²) in [5, 5.41) is 9.23. The van der Waals surface area contributed by atoms with E-state index in [4.69, 9.17) is 4.52 Å². The van der Waals surface area contributed by atoms with Crippen LogP contribution in [-0.2, 0) is 4.52 Å². The van der Waals surface area contributed by atoms with Crippen LogP contribution in [0.2, 0.25) is 0 Å². The van der Waals surface area contributed by atoms with Crippen molar-refractivity contribution < 1.29 is 9.63 Å². The minimum absolute atomic E-state index is 0.0832. The number of aliphatic hydroxyl groups is 1. The third-order valence-corrected chi connectivity index (χ3v) is 2.53. The van der Waals surface area contributed by atoms with Crippen molar-refractivity contribution in [2.45, 2.75) is 25.9 Å². The van der Waals surface area contributed by atoms with Crippen LogP contribution in [0.1, 0.15) is 19.8 Å². The van der Waals surface area contributed by atoms with Crippen LogP contribution in [0.4, 0.5) is 0 Å². The molecule has 1 rings (SSSR count). The number of aliphatic hydroxyl groups excluding tert-OH is 1. The molecule has 0 saturated heterocycles. The molecule has 0 aromatic rings. The number of hydrogen-bond acceptors (Lipinski definition) is 2. The second-order valence-corrected chi connectivity index (χ2v) is 3.53. The first-order chi connectivity index (χ1) is 4.74. The summed E-state index contributed by atoms with van der Waals surface area (Å²) in [5.41, 5.74) is 0. The van der Waals surface area contributed by atoms with Crippen LogP contribution in [0.5, 0.6) is 0 Å². The van der Waals surface area contributed by atoms with Gasteiger partial charge >= 0.3 is 0 Å². The third-order valence-electron chi connectivity index (χ3n) is 2.33. The molecule has 0 bridgehead atoms. The zero-order valence-corrected chi connectivity index (χ0v) is 7.44. The summed E-state index contributed by atoms with van der Waals surface area (Å²) in [6.07, 6.45) is 1.77. The fourth-order valence-corrected chi connectivity index (χ4v) is 1.90. The maximum atomic E-state index is 9.23. The molecule has 10 heavy (non-hydrogen) atoms. The lowest BCUT2D eigenvalue weighted by atomic mass is 10.00. The van der Waals surface area contributed by atoms with Crippen molar-refractivity contribution in [1.82, 2.24) is 0 Å². The fraction of sp³-hybridized carbons (Fsp3) is 1.00. The van der Waals surface area contributed by atoms with Crippen molar-refractivity contribution in [3.63, 3.8) is 0 Å². The Balaban J connectivity index is 2.31. The lowest BCUT2D eigenvalue weighted by molar-refractivity contribution is 0.170. The molecule has 0 aliphatic heterocycles. The van der Waals surface area contributed by atoms with Gasteiger partial charge in [0.2, 0.25) is 0 Å². The molecule has 2 nitrogen and oxygen atoms in total. The SMILES string of the molecule is CC1CC(O)CC1COP. The van der Waals surface area contributed by atoms with Crippen molar-refractivity contribution in [3.05, 3.63) is 0 Å². The molecule has 4 unspecified atom stereocenters. The highest BCUT2D eigenvalue weighted by Gasteiger charge is 2.29. The van der Waals surface area contributed by atoms with E-state index in [1.165, 1.54) is 0 Å². The smallest absolute Gasteiger partial charge is 0.0546 e. The lowest BCUT2D eigenvalue weighted by Crippen LogP contribution is -2.09. The van der Waals surface area contributed by atoms with Crippen LogP contribution in [0.25, 0.3) is 0 Å². The maximum Gasteiger partial charge on any atom is 0.0546 e. The number of hydrogen-bond donors (Lipinski definition) is 1. The van der Waals surface area contributed by atoms with E-state index < -0.39 is 0 Å². The van der Waals surface area contributed by atoms with Gasteiger partial charge in [0.05, 0.1) is 12.7 Å². The Bertz CT molecular complexity index is 108. The summed E-state index contributed by atoms with van der Waals surface area (Å²) < 4.78 is 4.95. The molecule has 0 radical (unpaired) electrons. The summed E-state index contributed by atoms with van der Waals surface area (Å²) in [4.78, 5) is 0. The molecule has 3 heteroatoms. The van der Waals surface area contributed by atoms with Gasteiger partial charge in [0, 0.05) is 9.47 Å². The third kappa shape index (κ3) is 1.91. The van der Waals surface area contributed by atoms with Crippen molar-refractivity contribution in [2.75, 3.05) is 6.61 Å². The Morgan fingerprint density at radius 2 is 2.30 bits per heavy atom. The first-order valence-corrected chi connectivity index (χ1v) is 4.21. The van der Waals surface area contributed by atoms with E-state index in [0.717, 1.165) is 19.4 Å². The molecule has 4 atom stereocenters. The van der Waals surface area contributed by atoms with Gasteiger partial charge in [0.1, 0.15) is 0 Å². The Kier molecular flexibility index (Phi) is 3.09. The molecule has 0 aromatic carbocycles. The highest BCUT2D eigenvalue weighted by molar-refractivity contribution is 7.09. The summed E-state index contributed by atoms with van der Waals surface area (Å²) in [7, 11) is 2.26. The van der Waals surface area contributed by atoms with E-state index in [1.807, 2.05) is 0 Å². The minimum atomic E-state index is -0.0832. The van der Waals surface area contributed by atoms with Crippen LogP contribution in [0.3, 0.4) is 0 Å². The standard InChI is InChI=1S/C7H15O2P/c1-5-2-7(8)3-6(5)4-9-10/h5-8H,2-4,10H2,1H3. The highest BCUT2D eigenvalue weighted by atomic mass is 31.0. The van der Waals surface area contributed by atoms with Crippen molar-refractivity contribution in [2.24, 2.45) is 11.8 Å². The largest absolute Gasteiger partial charge is 0.393 e. The van der Waals surface area contributed by atoms with E-state index in [1.54, 1.807) is 0 Å². The van der Waals surface area contributed by atoms with Crippen LogP contribution >= 0.6 is 9.47 Å². The van der Waals surface area contributed by atoms with Crippen molar-refractivity contribution >= 4 is 9.47 Å². The predicted octanol–water partition coefficient (Wildman–Crippen LogP) is 1.20. The van der Waals surface area contributed by atoms with Gasteiger partial charge in [-0.2, -0.15) is 0 Å². The van der Waals surface area contributed by atoms with Gasteiger partial charge in [-0.15, -0.1) is 0 Å². The van der Waals surface area contributed by atoms with Crippen LogP contribution in [0.15, 0.2) is 0 Å². The van der Waals surface area contributed by atoms with Crippen LogP contribution in [-0.4, -0.2) is 17.8 Å². The van der Waals surface area contributed by atoms with Gasteiger partial charge in [-0.1, -0.05) is 6.92 Å². The zero-order chi connectivity index (χ0) is 7.56. The predicted molar refractivity (Wildman–Crippen MR) is 43.6 cm³/mol. The molecule has 0 heterocycles. The molecule has 1 fully saturated rings. The first kappa shape index (κ1) is 8.45. The van der Waals surface area contributed by atoms with Crippen molar-refractivity contribution in [3.8, 4) is 0 Å². The molecule has 1 N–H and O–H groups in total. The molecular formula is C7H15O2P. The molecular weight excluding hydrogens is 147 g/mol. The Morgan fingerprint density at radius 3 is 2.70 bits per heavy atom. The van der Waals surface area contributed by atoms with Gasteiger partial charge in [-0.05, 0) is 24.7 Å². The normalized spacial score (nSPS) is 40.5. The monoisotopic (exact) mass is 162 g/mol. The Hall–Kier alpha value is 0.350. The van der Waals surface area contributed by atoms with Gasteiger partial charge in [0.25, 0.3) is 0 Å². The van der Waals surface area contributed by atoms with Crippen LogP contribution < -0.4 is 0 Å². The Labute approximate surface area is 64.2 Å². The topological polar surface area (TPSA) is 29.5 Å². The highest BCUT2D eigenvalue weighted by Crippen LogP contribution is 2.31. The van der Waals surface area contributed by atoms with E-state index >= 15 is 0 Å². The lowest BCUT2D eigenvalue weighted by Gasteiger charge is -2.11. The summed E-state index contributed by atoms with van der Waals surface area (Å²) in [6, 6.07) is 0. The average Bonchev–Trinajstić information content (AvgIpc) is 2.13. The van der Waals surface area contributed by atoms with E-state index in [9.17, 15) is 5.11 Å². The molecule has 1 aliphatic rings. The van der Waals surface area contributed by atoms with Gasteiger partial charge < -0.3 is 9.63 Å². The molecule has 0 amide bonds.